The number of amides is 1. The highest BCUT2D eigenvalue weighted by Crippen LogP contribution is 2.26. The molecule has 158 valence electrons. The predicted octanol–water partition coefficient (Wildman–Crippen LogP) is 3.64. The Morgan fingerprint density at radius 2 is 1.83 bits per heavy atom. The summed E-state index contributed by atoms with van der Waals surface area (Å²) in [4.78, 5) is 31.6. The number of nitrogens with one attached hydrogen (secondary N) is 1. The lowest BCUT2D eigenvalue weighted by molar-refractivity contribution is -0.121. The fraction of sp³-hybridized carbons (Fsp3) is 0.348. The molecule has 30 heavy (non-hydrogen) atoms. The van der Waals surface area contributed by atoms with E-state index in [9.17, 15) is 9.59 Å². The number of benzene rings is 2. The van der Waals surface area contributed by atoms with Crippen molar-refractivity contribution in [1.29, 1.82) is 0 Å². The first-order valence-corrected chi connectivity index (χ1v) is 10.6. The molecule has 2 aromatic carbocycles. The molecule has 0 saturated carbocycles. The number of halogens is 1. The molecule has 0 saturated heterocycles. The fourth-order valence-corrected chi connectivity index (χ4v) is 3.89. The van der Waals surface area contributed by atoms with Gasteiger partial charge in [-0.15, -0.1) is 0 Å². The van der Waals surface area contributed by atoms with Crippen LogP contribution in [0.25, 0.3) is 10.9 Å². The Morgan fingerprint density at radius 3 is 2.57 bits per heavy atom. The third-order valence-corrected chi connectivity index (χ3v) is 5.67. The number of likely N-dealkylation sites (N-methyl/N-ethyl adjacent to an activating group) is 1. The third-order valence-electron chi connectivity index (χ3n) is 5.32. The van der Waals surface area contributed by atoms with E-state index in [1.807, 2.05) is 36.4 Å². The van der Waals surface area contributed by atoms with Crippen LogP contribution in [0.3, 0.4) is 0 Å². The molecule has 3 aromatic rings. The summed E-state index contributed by atoms with van der Waals surface area (Å²) in [5.41, 5.74) is 1.52. The number of para-hydroxylation sites is 1. The van der Waals surface area contributed by atoms with Crippen LogP contribution in [-0.4, -0.2) is 40.0 Å². The Morgan fingerprint density at radius 1 is 1.13 bits per heavy atom. The maximum absolute atomic E-state index is 12.6. The van der Waals surface area contributed by atoms with Crippen LogP contribution >= 0.6 is 11.6 Å². The first-order chi connectivity index (χ1) is 14.5. The molecule has 1 aromatic heterocycles. The largest absolute Gasteiger partial charge is 0.354 e. The van der Waals surface area contributed by atoms with E-state index in [4.69, 9.17) is 11.6 Å². The molecule has 1 amide bonds. The van der Waals surface area contributed by atoms with E-state index in [0.717, 1.165) is 18.7 Å². The molecule has 7 heteroatoms. The summed E-state index contributed by atoms with van der Waals surface area (Å²) in [6.45, 7) is 6.61. The van der Waals surface area contributed by atoms with Crippen molar-refractivity contribution in [2.24, 2.45) is 0 Å². The Kier molecular flexibility index (Phi) is 7.60. The molecule has 0 fully saturated rings. The van der Waals surface area contributed by atoms with E-state index in [-0.39, 0.29) is 30.5 Å². The van der Waals surface area contributed by atoms with Crippen LogP contribution < -0.4 is 10.9 Å². The molecule has 0 spiro atoms. The lowest BCUT2D eigenvalue weighted by atomic mass is 10.0. The second kappa shape index (κ2) is 10.4. The number of aromatic nitrogens is 2. The zero-order valence-corrected chi connectivity index (χ0v) is 18.1. The molecule has 0 aliphatic carbocycles. The highest BCUT2D eigenvalue weighted by Gasteiger charge is 2.21. The van der Waals surface area contributed by atoms with Crippen molar-refractivity contribution >= 4 is 28.4 Å². The van der Waals surface area contributed by atoms with E-state index >= 15 is 0 Å². The number of nitrogens with zero attached hydrogens (tertiary/aromatic N) is 3. The summed E-state index contributed by atoms with van der Waals surface area (Å²) >= 11 is 6.41. The summed E-state index contributed by atoms with van der Waals surface area (Å²) in [5, 5.41) is 4.26. The average Bonchev–Trinajstić information content (AvgIpc) is 2.77. The predicted molar refractivity (Wildman–Crippen MR) is 121 cm³/mol. The summed E-state index contributed by atoms with van der Waals surface area (Å²) < 4.78 is 1.48. The second-order valence-corrected chi connectivity index (χ2v) is 7.48. The Hall–Kier alpha value is -2.70. The van der Waals surface area contributed by atoms with Crippen LogP contribution in [0.15, 0.2) is 59.7 Å². The quantitative estimate of drug-likeness (QED) is 0.567. The maximum Gasteiger partial charge on any atom is 0.261 e. The molecule has 0 radical (unpaired) electrons. The first kappa shape index (κ1) is 22.0. The number of hydrogen-bond acceptors (Lipinski definition) is 4. The number of rotatable bonds is 9. The van der Waals surface area contributed by atoms with E-state index in [2.05, 4.69) is 29.0 Å². The molecule has 0 bridgehead atoms. The van der Waals surface area contributed by atoms with Gasteiger partial charge in [-0.05, 0) is 36.9 Å². The van der Waals surface area contributed by atoms with Crippen LogP contribution in [0.1, 0.15) is 31.9 Å². The van der Waals surface area contributed by atoms with Gasteiger partial charge in [-0.1, -0.05) is 55.8 Å². The Bertz CT molecular complexity index is 1060. The molecule has 0 aliphatic rings. The van der Waals surface area contributed by atoms with Gasteiger partial charge in [-0.3, -0.25) is 19.1 Å². The zero-order chi connectivity index (χ0) is 21.5. The molecular formula is C23H27ClN4O2. The minimum Gasteiger partial charge on any atom is -0.354 e. The van der Waals surface area contributed by atoms with Crippen molar-refractivity contribution in [1.82, 2.24) is 19.8 Å². The zero-order valence-electron chi connectivity index (χ0n) is 17.3. The van der Waals surface area contributed by atoms with Gasteiger partial charge in [0.2, 0.25) is 5.91 Å². The number of carbonyl (C=O) groups is 1. The van der Waals surface area contributed by atoms with Crippen molar-refractivity contribution in [2.45, 2.75) is 32.9 Å². The van der Waals surface area contributed by atoms with Gasteiger partial charge in [-0.2, -0.15) is 0 Å². The van der Waals surface area contributed by atoms with Crippen molar-refractivity contribution in [3.8, 4) is 0 Å². The van der Waals surface area contributed by atoms with E-state index < -0.39 is 0 Å². The SMILES string of the molecule is CCN(CC)C(CNC(=O)CCn1cnc2ccccc2c1=O)c1ccccc1Cl. The van der Waals surface area contributed by atoms with E-state index in [1.54, 1.807) is 12.1 Å². The highest BCUT2D eigenvalue weighted by atomic mass is 35.5. The van der Waals surface area contributed by atoms with Crippen LogP contribution in [-0.2, 0) is 11.3 Å². The van der Waals surface area contributed by atoms with Crippen LogP contribution in [0, 0.1) is 0 Å². The van der Waals surface area contributed by atoms with Crippen LogP contribution in [0.5, 0.6) is 0 Å². The number of hydrogen-bond donors (Lipinski definition) is 1. The molecule has 6 nitrogen and oxygen atoms in total. The minimum atomic E-state index is -0.134. The molecule has 1 unspecified atom stereocenters. The van der Waals surface area contributed by atoms with Crippen LogP contribution in [0.2, 0.25) is 5.02 Å². The normalized spacial score (nSPS) is 12.3. The second-order valence-electron chi connectivity index (χ2n) is 7.07. The summed E-state index contributed by atoms with van der Waals surface area (Å²) in [5.74, 6) is -0.112. The summed E-state index contributed by atoms with van der Waals surface area (Å²) in [7, 11) is 0. The lowest BCUT2D eigenvalue weighted by Gasteiger charge is -2.31. The van der Waals surface area contributed by atoms with Crippen molar-refractivity contribution in [2.75, 3.05) is 19.6 Å². The monoisotopic (exact) mass is 426 g/mol. The number of fused-ring (bicyclic) bond motifs is 1. The van der Waals surface area contributed by atoms with Gasteiger partial charge in [0.05, 0.1) is 23.3 Å². The van der Waals surface area contributed by atoms with Gasteiger partial charge >= 0.3 is 0 Å². The van der Waals surface area contributed by atoms with E-state index in [0.29, 0.717) is 22.5 Å². The smallest absolute Gasteiger partial charge is 0.261 e. The minimum absolute atomic E-state index is 0.0114. The molecule has 3 rings (SSSR count). The summed E-state index contributed by atoms with van der Waals surface area (Å²) in [6, 6.07) is 14.9. The Balaban J connectivity index is 1.65. The van der Waals surface area contributed by atoms with Crippen molar-refractivity contribution in [3.05, 3.63) is 75.8 Å². The van der Waals surface area contributed by atoms with Gasteiger partial charge in [0.1, 0.15) is 0 Å². The standard InChI is InChI=1S/C23H27ClN4O2/c1-3-27(4-2)21(17-9-5-7-11-19(17)24)15-25-22(29)13-14-28-16-26-20-12-8-6-10-18(20)23(28)30/h5-12,16,21H,3-4,13-15H2,1-2H3,(H,25,29). The number of aryl methyl sites for hydroxylation is 1. The topological polar surface area (TPSA) is 67.2 Å². The molecule has 1 N–H and O–H groups in total. The highest BCUT2D eigenvalue weighted by molar-refractivity contribution is 6.31. The average molecular weight is 427 g/mol. The van der Waals surface area contributed by atoms with Gasteiger partial charge in [-0.25, -0.2) is 4.98 Å². The van der Waals surface area contributed by atoms with Gasteiger partial charge in [0.15, 0.2) is 0 Å². The van der Waals surface area contributed by atoms with Gasteiger partial charge < -0.3 is 5.32 Å². The third kappa shape index (κ3) is 5.07. The van der Waals surface area contributed by atoms with Crippen molar-refractivity contribution < 1.29 is 4.79 Å². The lowest BCUT2D eigenvalue weighted by Crippen LogP contribution is -2.38. The van der Waals surface area contributed by atoms with Crippen LogP contribution in [0.4, 0.5) is 0 Å². The number of carbonyl (C=O) groups excluding carboxylic acids is 1. The van der Waals surface area contributed by atoms with Gasteiger partial charge in [0, 0.05) is 24.5 Å². The molecule has 1 atom stereocenters. The maximum atomic E-state index is 12.6. The fourth-order valence-electron chi connectivity index (χ4n) is 3.63. The van der Waals surface area contributed by atoms with E-state index in [1.165, 1.54) is 10.9 Å². The molecular weight excluding hydrogens is 400 g/mol. The van der Waals surface area contributed by atoms with Crippen molar-refractivity contribution in [3.63, 3.8) is 0 Å². The molecule has 1 heterocycles. The molecule has 0 aliphatic heterocycles. The first-order valence-electron chi connectivity index (χ1n) is 10.2. The summed E-state index contributed by atoms with van der Waals surface area (Å²) in [6.07, 6.45) is 1.70. The van der Waals surface area contributed by atoms with Gasteiger partial charge in [0.25, 0.3) is 5.56 Å². The Labute approximate surface area is 181 Å².